The minimum Gasteiger partial charge on any atom is -0.435 e. The molecule has 2 fully saturated rings. The molecule has 0 saturated carbocycles. The summed E-state index contributed by atoms with van der Waals surface area (Å²) in [5.74, 6) is -0.842. The number of rotatable bonds is 8. The lowest BCUT2D eigenvalue weighted by Crippen LogP contribution is -2.63. The second-order valence-corrected chi connectivity index (χ2v) is 12.5. The topological polar surface area (TPSA) is 130 Å². The number of aromatic nitrogens is 1. The number of carbonyl (C=O) groups is 1. The van der Waals surface area contributed by atoms with E-state index in [-0.39, 0.29) is 47.3 Å². The van der Waals surface area contributed by atoms with E-state index in [0.717, 1.165) is 0 Å². The van der Waals surface area contributed by atoms with Gasteiger partial charge in [0.15, 0.2) is 9.84 Å². The van der Waals surface area contributed by atoms with E-state index < -0.39 is 27.9 Å². The van der Waals surface area contributed by atoms with Crippen molar-refractivity contribution in [3.63, 3.8) is 0 Å². The van der Waals surface area contributed by atoms with E-state index in [1.807, 2.05) is 13.8 Å². The van der Waals surface area contributed by atoms with Gasteiger partial charge in [0.1, 0.15) is 11.4 Å². The number of nitrogens with one attached hydrogen (secondary N) is 3. The Morgan fingerprint density at radius 1 is 1.24 bits per heavy atom. The first kappa shape index (κ1) is 26.9. The van der Waals surface area contributed by atoms with E-state index in [1.165, 1.54) is 24.4 Å². The maximum Gasteiger partial charge on any atom is 0.387 e. The summed E-state index contributed by atoms with van der Waals surface area (Å²) in [6, 6.07) is 7.33. The molecule has 9 nitrogen and oxygen atoms in total. The van der Waals surface area contributed by atoms with E-state index >= 15 is 0 Å². The molecule has 0 aliphatic carbocycles. The Morgan fingerprint density at radius 2 is 1.97 bits per heavy atom. The van der Waals surface area contributed by atoms with Gasteiger partial charge in [0.05, 0.1) is 39.6 Å². The van der Waals surface area contributed by atoms with Crippen LogP contribution in [0.5, 0.6) is 5.75 Å². The number of halogens is 2. The molecule has 1 atom stereocenters. The number of carbonyl (C=O) groups excluding carboxylic acids is 1. The number of hydrogen-bond donors (Lipinski definition) is 3. The quantitative estimate of drug-likeness (QED) is 0.438. The summed E-state index contributed by atoms with van der Waals surface area (Å²) in [5, 5.41) is 14.9. The van der Waals surface area contributed by atoms with Gasteiger partial charge in [-0.3, -0.25) is 15.2 Å². The van der Waals surface area contributed by atoms with E-state index in [2.05, 4.69) is 20.4 Å². The van der Waals surface area contributed by atoms with Crippen LogP contribution < -0.4 is 15.4 Å². The third-order valence-corrected chi connectivity index (χ3v) is 8.44. The molecule has 1 aromatic heterocycles. The Hall–Kier alpha value is -3.12. The number of pyridine rings is 1. The van der Waals surface area contributed by atoms with Crippen LogP contribution in [0.2, 0.25) is 0 Å². The van der Waals surface area contributed by atoms with Crippen LogP contribution in [0.1, 0.15) is 56.7 Å². The zero-order valence-electron chi connectivity index (χ0n) is 20.8. The normalized spacial score (nSPS) is 21.5. The molecule has 4 rings (SSSR count). The number of alkyl halides is 2. The van der Waals surface area contributed by atoms with Gasteiger partial charge in [-0.25, -0.2) is 8.42 Å². The predicted octanol–water partition coefficient (Wildman–Crippen LogP) is 3.63. The van der Waals surface area contributed by atoms with Crippen molar-refractivity contribution in [2.45, 2.75) is 57.4 Å². The van der Waals surface area contributed by atoms with Gasteiger partial charge in [0, 0.05) is 25.8 Å². The molecular weight excluding hydrogens is 506 g/mol. The summed E-state index contributed by atoms with van der Waals surface area (Å²) in [7, 11) is -3.15. The molecule has 202 valence electrons. The van der Waals surface area contributed by atoms with Gasteiger partial charge in [-0.05, 0) is 51.8 Å². The van der Waals surface area contributed by atoms with E-state index in [1.54, 1.807) is 19.1 Å². The molecule has 2 aliphatic heterocycles. The van der Waals surface area contributed by atoms with Crippen LogP contribution in [-0.4, -0.2) is 66.9 Å². The molecule has 0 radical (unpaired) electrons. The number of nitrogens with zero attached hydrogens (tertiary/aromatic N) is 1. The third kappa shape index (κ3) is 6.61. The van der Waals surface area contributed by atoms with Gasteiger partial charge in [-0.1, -0.05) is 12.1 Å². The third-order valence-electron chi connectivity index (χ3n) is 6.28. The highest BCUT2D eigenvalue weighted by Crippen LogP contribution is 2.29. The molecule has 3 N–H and O–H groups in total. The predicted molar refractivity (Wildman–Crippen MR) is 137 cm³/mol. The molecule has 2 aliphatic rings. The maximum atomic E-state index is 13.0. The van der Waals surface area contributed by atoms with Crippen molar-refractivity contribution in [1.82, 2.24) is 10.3 Å². The second-order valence-electron chi connectivity index (χ2n) is 10.4. The van der Waals surface area contributed by atoms with E-state index in [9.17, 15) is 22.0 Å². The Kier molecular flexibility index (Phi) is 7.26. The first-order valence-electron chi connectivity index (χ1n) is 11.8. The van der Waals surface area contributed by atoms with Crippen LogP contribution >= 0.6 is 0 Å². The standard InChI is InChI=1S/C25H30F2N4O5S.H2/c1-24(2)11-17(7-8-35-24)30-19-10-16(22(32)31-25(3)13-37(33,34)14-25)12-29-21(19)20(28)15-5-4-6-18(9-15)36-23(26)27;/h4-6,9-10,12,17,23,28,30H,7-8,11,13-14H2,1-3H3,(H,31,32);1H. The van der Waals surface area contributed by atoms with Crippen LogP contribution in [0.3, 0.4) is 0 Å². The van der Waals surface area contributed by atoms with Crippen molar-refractivity contribution in [2.75, 3.05) is 23.4 Å². The summed E-state index contributed by atoms with van der Waals surface area (Å²) in [6.45, 7) is 3.16. The maximum absolute atomic E-state index is 13.0. The highest BCUT2D eigenvalue weighted by molar-refractivity contribution is 7.93. The van der Waals surface area contributed by atoms with Crippen LogP contribution in [-0.2, 0) is 14.6 Å². The Morgan fingerprint density at radius 3 is 2.62 bits per heavy atom. The minimum atomic E-state index is -3.15. The van der Waals surface area contributed by atoms with Gasteiger partial charge in [0.25, 0.3) is 5.91 Å². The molecule has 3 heterocycles. The fourth-order valence-corrected chi connectivity index (χ4v) is 6.79. The summed E-state index contributed by atoms with van der Waals surface area (Å²) in [5.41, 5.74) is -0.102. The minimum absolute atomic E-state index is 0. The van der Waals surface area contributed by atoms with Crippen molar-refractivity contribution in [3.8, 4) is 5.75 Å². The molecule has 1 aromatic carbocycles. The van der Waals surface area contributed by atoms with Crippen LogP contribution in [0.25, 0.3) is 0 Å². The van der Waals surface area contributed by atoms with Gasteiger partial charge in [-0.2, -0.15) is 8.78 Å². The zero-order valence-corrected chi connectivity index (χ0v) is 21.6. The molecule has 0 spiro atoms. The number of ether oxygens (including phenoxy) is 2. The average molecular weight is 539 g/mol. The Labute approximate surface area is 215 Å². The molecule has 1 unspecified atom stereocenters. The van der Waals surface area contributed by atoms with Crippen LogP contribution in [0.15, 0.2) is 36.5 Å². The van der Waals surface area contributed by atoms with Crippen molar-refractivity contribution >= 4 is 27.1 Å². The summed E-state index contributed by atoms with van der Waals surface area (Å²) < 4.78 is 58.9. The fourth-order valence-electron chi connectivity index (χ4n) is 4.78. The Bertz CT molecular complexity index is 1310. The van der Waals surface area contributed by atoms with Crippen molar-refractivity contribution in [2.24, 2.45) is 0 Å². The highest BCUT2D eigenvalue weighted by Gasteiger charge is 2.45. The lowest BCUT2D eigenvalue weighted by atomic mass is 9.93. The SMILES string of the molecule is CC1(NC(=O)c2cnc(C(=N)c3cccc(OC(F)F)c3)c(NC3CCOC(C)(C)C3)c2)CS(=O)(=O)C1.[HH]. The first-order chi connectivity index (χ1) is 17.2. The average Bonchev–Trinajstić information content (AvgIpc) is 2.76. The molecule has 12 heteroatoms. The Balaban J connectivity index is 0.00000400. The summed E-state index contributed by atoms with van der Waals surface area (Å²) >= 11 is 0. The lowest BCUT2D eigenvalue weighted by molar-refractivity contribution is -0.0553. The van der Waals surface area contributed by atoms with Gasteiger partial charge in [-0.15, -0.1) is 0 Å². The number of anilines is 1. The first-order valence-corrected chi connectivity index (χ1v) is 13.6. The fraction of sp³-hybridized carbons (Fsp3) is 0.480. The lowest BCUT2D eigenvalue weighted by Gasteiger charge is -2.38. The van der Waals surface area contributed by atoms with Crippen LogP contribution in [0.4, 0.5) is 14.5 Å². The molecule has 1 amide bonds. The summed E-state index contributed by atoms with van der Waals surface area (Å²) in [4.78, 5) is 17.4. The largest absolute Gasteiger partial charge is 0.435 e. The van der Waals surface area contributed by atoms with Crippen molar-refractivity contribution < 1.29 is 32.9 Å². The van der Waals surface area contributed by atoms with Crippen molar-refractivity contribution in [1.29, 1.82) is 5.41 Å². The molecule has 2 aromatic rings. The van der Waals surface area contributed by atoms with E-state index in [0.29, 0.717) is 30.7 Å². The molecular formula is C25H32F2N4O5S. The van der Waals surface area contributed by atoms with Crippen LogP contribution in [0, 0.1) is 5.41 Å². The zero-order chi connectivity index (χ0) is 27.0. The monoisotopic (exact) mass is 538 g/mol. The molecule has 2 saturated heterocycles. The number of amides is 1. The van der Waals surface area contributed by atoms with Gasteiger partial charge >= 0.3 is 6.61 Å². The second kappa shape index (κ2) is 9.97. The van der Waals surface area contributed by atoms with Crippen molar-refractivity contribution in [3.05, 3.63) is 53.3 Å². The number of sulfone groups is 1. The smallest absolute Gasteiger partial charge is 0.387 e. The number of hydrogen-bond acceptors (Lipinski definition) is 8. The number of benzene rings is 1. The van der Waals surface area contributed by atoms with Gasteiger partial charge in [0.2, 0.25) is 0 Å². The van der Waals surface area contributed by atoms with E-state index in [4.69, 9.17) is 10.1 Å². The van der Waals surface area contributed by atoms with Gasteiger partial charge < -0.3 is 20.1 Å². The molecule has 0 bridgehead atoms. The molecule has 37 heavy (non-hydrogen) atoms. The summed E-state index contributed by atoms with van der Waals surface area (Å²) in [6.07, 6.45) is 2.68. The highest BCUT2D eigenvalue weighted by atomic mass is 32.2.